The highest BCUT2D eigenvalue weighted by Crippen LogP contribution is 2.30. The van der Waals surface area contributed by atoms with Crippen LogP contribution < -0.4 is 5.32 Å². The van der Waals surface area contributed by atoms with Gasteiger partial charge in [0.05, 0.1) is 11.0 Å². The monoisotopic (exact) mass is 303 g/mol. The van der Waals surface area contributed by atoms with E-state index in [0.717, 1.165) is 16.4 Å². The topological polar surface area (TPSA) is 78.0 Å². The summed E-state index contributed by atoms with van der Waals surface area (Å²) in [5, 5.41) is 14.3. The van der Waals surface area contributed by atoms with Gasteiger partial charge in [0.25, 0.3) is 5.91 Å². The fourth-order valence-corrected chi connectivity index (χ4v) is 2.67. The number of aromatic hydroxyl groups is 1. The number of nitrogens with one attached hydrogen (secondary N) is 2. The van der Waals surface area contributed by atoms with Gasteiger partial charge in [-0.1, -0.05) is 24.3 Å². The lowest BCUT2D eigenvalue weighted by atomic mass is 10.1. The highest BCUT2D eigenvalue weighted by atomic mass is 16.3. The molecule has 0 saturated carbocycles. The van der Waals surface area contributed by atoms with E-state index in [-0.39, 0.29) is 11.7 Å². The number of aromatic nitrogens is 2. The van der Waals surface area contributed by atoms with E-state index < -0.39 is 0 Å². The van der Waals surface area contributed by atoms with Crippen molar-refractivity contribution < 1.29 is 9.90 Å². The fraction of sp³-hybridized carbons (Fsp3) is 0. The van der Waals surface area contributed by atoms with Gasteiger partial charge < -0.3 is 15.4 Å². The molecule has 0 unspecified atom stereocenters. The number of hydrogen-bond acceptors (Lipinski definition) is 3. The van der Waals surface area contributed by atoms with E-state index in [0.29, 0.717) is 16.8 Å². The minimum absolute atomic E-state index is 0.188. The summed E-state index contributed by atoms with van der Waals surface area (Å²) < 4.78 is 0. The quantitative estimate of drug-likeness (QED) is 0.528. The molecule has 0 bridgehead atoms. The summed E-state index contributed by atoms with van der Waals surface area (Å²) in [6.07, 6.45) is 1.69. The molecule has 0 aliphatic carbocycles. The smallest absolute Gasteiger partial charge is 0.272 e. The minimum Gasteiger partial charge on any atom is -0.507 e. The zero-order valence-corrected chi connectivity index (χ0v) is 12.1. The van der Waals surface area contributed by atoms with Crippen LogP contribution in [0, 0.1) is 0 Å². The van der Waals surface area contributed by atoms with Crippen LogP contribution in [0.4, 0.5) is 5.69 Å². The summed E-state index contributed by atoms with van der Waals surface area (Å²) in [7, 11) is 0. The van der Waals surface area contributed by atoms with Crippen molar-refractivity contribution in [2.24, 2.45) is 0 Å². The van der Waals surface area contributed by atoms with Gasteiger partial charge in [-0.15, -0.1) is 0 Å². The summed E-state index contributed by atoms with van der Waals surface area (Å²) in [5.41, 5.74) is 2.65. The number of carbonyl (C=O) groups excluding carboxylic acids is 1. The summed E-state index contributed by atoms with van der Waals surface area (Å²) in [6.45, 7) is 0. The number of H-pyrrole nitrogens is 1. The molecule has 112 valence electrons. The van der Waals surface area contributed by atoms with E-state index in [1.54, 1.807) is 36.5 Å². The molecule has 0 aliphatic heterocycles. The van der Waals surface area contributed by atoms with Gasteiger partial charge in [0.1, 0.15) is 11.4 Å². The summed E-state index contributed by atoms with van der Waals surface area (Å²) in [6, 6.07) is 16.0. The molecule has 0 spiro atoms. The van der Waals surface area contributed by atoms with Crippen LogP contribution in [0.3, 0.4) is 0 Å². The molecule has 5 nitrogen and oxygen atoms in total. The van der Waals surface area contributed by atoms with Gasteiger partial charge >= 0.3 is 0 Å². The molecule has 1 amide bonds. The Morgan fingerprint density at radius 1 is 1.04 bits per heavy atom. The number of pyridine rings is 1. The van der Waals surface area contributed by atoms with Crippen molar-refractivity contribution in [2.45, 2.75) is 0 Å². The molecule has 0 atom stereocenters. The first kappa shape index (κ1) is 13.3. The van der Waals surface area contributed by atoms with Gasteiger partial charge in [0.15, 0.2) is 0 Å². The van der Waals surface area contributed by atoms with E-state index >= 15 is 0 Å². The van der Waals surface area contributed by atoms with Gasteiger partial charge in [0.2, 0.25) is 0 Å². The van der Waals surface area contributed by atoms with E-state index in [9.17, 15) is 9.90 Å². The molecule has 0 radical (unpaired) electrons. The van der Waals surface area contributed by atoms with Crippen LogP contribution in [-0.2, 0) is 0 Å². The zero-order chi connectivity index (χ0) is 15.8. The average molecular weight is 303 g/mol. The standard InChI is InChI=1S/C18H13N3O2/c22-17-8-2-4-11-12(17)5-1-6-13(11)21-18(23)16-10-15-14(20-16)7-3-9-19-15/h1-10,20,22H,(H,21,23). The second kappa shape index (κ2) is 5.14. The molecule has 23 heavy (non-hydrogen) atoms. The normalized spacial score (nSPS) is 11.0. The maximum Gasteiger partial charge on any atom is 0.272 e. The Labute approximate surface area is 131 Å². The summed E-state index contributed by atoms with van der Waals surface area (Å²) >= 11 is 0. The first-order chi connectivity index (χ1) is 11.2. The number of hydrogen-bond donors (Lipinski definition) is 3. The van der Waals surface area contributed by atoms with Crippen molar-refractivity contribution in [3.8, 4) is 5.75 Å². The number of benzene rings is 2. The van der Waals surface area contributed by atoms with Gasteiger partial charge in [-0.25, -0.2) is 0 Å². The molecule has 0 saturated heterocycles. The number of phenols is 1. The van der Waals surface area contributed by atoms with Crippen LogP contribution in [-0.4, -0.2) is 21.0 Å². The number of fused-ring (bicyclic) bond motifs is 2. The van der Waals surface area contributed by atoms with E-state index in [1.807, 2.05) is 24.3 Å². The molecule has 0 aliphatic rings. The predicted octanol–water partition coefficient (Wildman–Crippen LogP) is 3.67. The summed E-state index contributed by atoms with van der Waals surface area (Å²) in [4.78, 5) is 19.7. The zero-order valence-electron chi connectivity index (χ0n) is 12.1. The second-order valence-electron chi connectivity index (χ2n) is 5.25. The highest BCUT2D eigenvalue weighted by molar-refractivity contribution is 6.10. The third-order valence-electron chi connectivity index (χ3n) is 3.78. The van der Waals surface area contributed by atoms with Crippen LogP contribution in [0.15, 0.2) is 60.8 Å². The Bertz CT molecular complexity index is 1000. The molecule has 0 fully saturated rings. The predicted molar refractivity (Wildman–Crippen MR) is 89.7 cm³/mol. The van der Waals surface area contributed by atoms with Crippen molar-refractivity contribution in [3.05, 3.63) is 66.5 Å². The molecule has 2 aromatic heterocycles. The van der Waals surface area contributed by atoms with Gasteiger partial charge in [-0.3, -0.25) is 9.78 Å². The van der Waals surface area contributed by atoms with Gasteiger partial charge in [0, 0.05) is 22.7 Å². The number of anilines is 1. The number of aromatic amines is 1. The minimum atomic E-state index is -0.251. The third-order valence-corrected chi connectivity index (χ3v) is 3.78. The van der Waals surface area contributed by atoms with Crippen LogP contribution in [0.25, 0.3) is 21.8 Å². The van der Waals surface area contributed by atoms with E-state index in [1.165, 1.54) is 0 Å². The van der Waals surface area contributed by atoms with Crippen LogP contribution in [0.2, 0.25) is 0 Å². The Kier molecular flexibility index (Phi) is 2.98. The van der Waals surface area contributed by atoms with E-state index in [2.05, 4.69) is 15.3 Å². The largest absolute Gasteiger partial charge is 0.507 e. The highest BCUT2D eigenvalue weighted by Gasteiger charge is 2.12. The Balaban J connectivity index is 1.73. The second-order valence-corrected chi connectivity index (χ2v) is 5.25. The summed E-state index contributed by atoms with van der Waals surface area (Å²) in [5.74, 6) is -0.0627. The van der Waals surface area contributed by atoms with Crippen LogP contribution in [0.1, 0.15) is 10.5 Å². The van der Waals surface area contributed by atoms with Gasteiger partial charge in [-0.2, -0.15) is 0 Å². The molecule has 4 aromatic rings. The Hall–Kier alpha value is -3.34. The van der Waals surface area contributed by atoms with Crippen molar-refractivity contribution in [1.82, 2.24) is 9.97 Å². The SMILES string of the molecule is O=C(Nc1cccc2c(O)cccc12)c1cc2ncccc2[nH]1. The number of phenolic OH excluding ortho intramolecular Hbond substituents is 1. The van der Waals surface area contributed by atoms with Crippen molar-refractivity contribution >= 4 is 33.4 Å². The fourth-order valence-electron chi connectivity index (χ4n) is 2.67. The number of nitrogens with zero attached hydrogens (tertiary/aromatic N) is 1. The maximum absolute atomic E-state index is 12.5. The first-order valence-electron chi connectivity index (χ1n) is 7.18. The number of carbonyl (C=O) groups is 1. The van der Waals surface area contributed by atoms with Crippen molar-refractivity contribution in [1.29, 1.82) is 0 Å². The Morgan fingerprint density at radius 3 is 2.74 bits per heavy atom. The van der Waals surface area contributed by atoms with Crippen LogP contribution in [0.5, 0.6) is 5.75 Å². The molecule has 5 heteroatoms. The average Bonchev–Trinajstić information content (AvgIpc) is 3.00. The number of rotatable bonds is 2. The first-order valence-corrected chi connectivity index (χ1v) is 7.18. The molecule has 2 heterocycles. The number of amides is 1. The van der Waals surface area contributed by atoms with Gasteiger partial charge in [-0.05, 0) is 30.3 Å². The molecule has 4 rings (SSSR count). The Morgan fingerprint density at radius 2 is 1.87 bits per heavy atom. The van der Waals surface area contributed by atoms with Crippen molar-refractivity contribution in [2.75, 3.05) is 5.32 Å². The lowest BCUT2D eigenvalue weighted by molar-refractivity contribution is 0.102. The molecule has 3 N–H and O–H groups in total. The lowest BCUT2D eigenvalue weighted by Crippen LogP contribution is -2.12. The van der Waals surface area contributed by atoms with Crippen LogP contribution >= 0.6 is 0 Å². The third kappa shape index (κ3) is 2.28. The molecular weight excluding hydrogens is 290 g/mol. The van der Waals surface area contributed by atoms with E-state index in [4.69, 9.17) is 0 Å². The lowest BCUT2D eigenvalue weighted by Gasteiger charge is -2.08. The molecule has 2 aromatic carbocycles. The van der Waals surface area contributed by atoms with Crippen molar-refractivity contribution in [3.63, 3.8) is 0 Å². The maximum atomic E-state index is 12.5. The molecular formula is C18H13N3O2.